The number of hydrogen-bond acceptors (Lipinski definition) is 4. The first-order chi connectivity index (χ1) is 12.5. The van der Waals surface area contributed by atoms with E-state index in [0.717, 1.165) is 5.56 Å². The fraction of sp³-hybridized carbons (Fsp3) is 0.105. The lowest BCUT2D eigenvalue weighted by molar-refractivity contribution is 0.102. The second-order valence-corrected chi connectivity index (χ2v) is 6.50. The van der Waals surface area contributed by atoms with Gasteiger partial charge in [-0.05, 0) is 36.8 Å². The lowest BCUT2D eigenvalue weighted by Crippen LogP contribution is -2.15. The molecule has 5 nitrogen and oxygen atoms in total. The molecule has 7 heteroatoms. The maximum absolute atomic E-state index is 12.4. The summed E-state index contributed by atoms with van der Waals surface area (Å²) in [6.45, 7) is 2.61. The molecule has 3 aromatic rings. The number of aromatic nitrogens is 2. The van der Waals surface area contributed by atoms with Gasteiger partial charge in [0, 0.05) is 18.4 Å². The van der Waals surface area contributed by atoms with E-state index in [1.807, 2.05) is 31.2 Å². The molecule has 0 radical (unpaired) electrons. The number of aryl methyl sites for hydroxylation is 1. The Morgan fingerprint density at radius 2 is 1.81 bits per heavy atom. The number of anilines is 2. The fourth-order valence-electron chi connectivity index (χ4n) is 2.23. The summed E-state index contributed by atoms with van der Waals surface area (Å²) in [5, 5.41) is 6.64. The predicted octanol–water partition coefficient (Wildman–Crippen LogP) is 4.96. The number of benzene rings is 2. The highest BCUT2D eigenvalue weighted by atomic mass is 35.5. The zero-order valence-electron chi connectivity index (χ0n) is 14.0. The van der Waals surface area contributed by atoms with E-state index in [-0.39, 0.29) is 11.6 Å². The fourth-order valence-corrected chi connectivity index (χ4v) is 2.52. The SMILES string of the molecule is Cc1ccc(CNc2nccc(C(=O)Nc3ccc(Cl)c(Cl)c3)n2)cc1. The number of carbonyl (C=O) groups excluding carboxylic acids is 1. The van der Waals surface area contributed by atoms with Gasteiger partial charge in [0.15, 0.2) is 0 Å². The normalized spacial score (nSPS) is 10.4. The third-order valence-corrected chi connectivity index (χ3v) is 4.38. The summed E-state index contributed by atoms with van der Waals surface area (Å²) in [5.41, 5.74) is 3.09. The van der Waals surface area contributed by atoms with E-state index in [4.69, 9.17) is 23.2 Å². The van der Waals surface area contributed by atoms with Crippen LogP contribution in [-0.2, 0) is 6.54 Å². The largest absolute Gasteiger partial charge is 0.350 e. The summed E-state index contributed by atoms with van der Waals surface area (Å²) in [7, 11) is 0. The second kappa shape index (κ2) is 8.17. The Hall–Kier alpha value is -2.63. The summed E-state index contributed by atoms with van der Waals surface area (Å²) >= 11 is 11.8. The molecule has 1 heterocycles. The van der Waals surface area contributed by atoms with Gasteiger partial charge >= 0.3 is 0 Å². The Balaban J connectivity index is 1.66. The molecule has 0 spiro atoms. The van der Waals surface area contributed by atoms with Gasteiger partial charge in [0.05, 0.1) is 10.0 Å². The highest BCUT2D eigenvalue weighted by Crippen LogP contribution is 2.25. The molecule has 0 aliphatic carbocycles. The van der Waals surface area contributed by atoms with E-state index < -0.39 is 0 Å². The van der Waals surface area contributed by atoms with Crippen molar-refractivity contribution in [1.82, 2.24) is 9.97 Å². The van der Waals surface area contributed by atoms with Gasteiger partial charge in [-0.25, -0.2) is 9.97 Å². The minimum Gasteiger partial charge on any atom is -0.350 e. The van der Waals surface area contributed by atoms with E-state index in [1.165, 1.54) is 11.8 Å². The average molecular weight is 387 g/mol. The van der Waals surface area contributed by atoms with Gasteiger partial charge in [-0.2, -0.15) is 0 Å². The molecule has 0 bridgehead atoms. The summed E-state index contributed by atoms with van der Waals surface area (Å²) in [6.07, 6.45) is 1.54. The number of nitrogens with one attached hydrogen (secondary N) is 2. The first kappa shape index (κ1) is 18.2. The second-order valence-electron chi connectivity index (χ2n) is 5.69. The van der Waals surface area contributed by atoms with E-state index in [1.54, 1.807) is 24.3 Å². The molecule has 26 heavy (non-hydrogen) atoms. The molecule has 3 rings (SSSR count). The molecule has 0 fully saturated rings. The molecule has 2 N–H and O–H groups in total. The van der Waals surface area contributed by atoms with E-state index in [2.05, 4.69) is 20.6 Å². The molecule has 0 unspecified atom stereocenters. The first-order valence-electron chi connectivity index (χ1n) is 7.90. The number of nitrogens with zero attached hydrogens (tertiary/aromatic N) is 2. The van der Waals surface area contributed by atoms with Crippen molar-refractivity contribution in [1.29, 1.82) is 0 Å². The highest BCUT2D eigenvalue weighted by Gasteiger charge is 2.10. The predicted molar refractivity (Wildman–Crippen MR) is 105 cm³/mol. The van der Waals surface area contributed by atoms with Crippen LogP contribution in [0, 0.1) is 6.92 Å². The van der Waals surface area contributed by atoms with Gasteiger partial charge in [-0.15, -0.1) is 0 Å². The van der Waals surface area contributed by atoms with Crippen LogP contribution in [0.2, 0.25) is 10.0 Å². The van der Waals surface area contributed by atoms with Gasteiger partial charge in [0.2, 0.25) is 5.95 Å². The van der Waals surface area contributed by atoms with Crippen molar-refractivity contribution in [2.45, 2.75) is 13.5 Å². The summed E-state index contributed by atoms with van der Waals surface area (Å²) in [6, 6.07) is 14.6. The van der Waals surface area contributed by atoms with Gasteiger partial charge in [-0.3, -0.25) is 4.79 Å². The summed E-state index contributed by atoms with van der Waals surface area (Å²) in [5.74, 6) is 0.0246. The van der Waals surface area contributed by atoms with Gasteiger partial charge in [0.1, 0.15) is 5.69 Å². The molecule has 132 valence electrons. The molecule has 0 saturated carbocycles. The minimum absolute atomic E-state index is 0.248. The molecule has 1 amide bonds. The van der Waals surface area contributed by atoms with Crippen LogP contribution >= 0.6 is 23.2 Å². The Labute approximate surface area is 161 Å². The number of hydrogen-bond donors (Lipinski definition) is 2. The van der Waals surface area contributed by atoms with E-state index >= 15 is 0 Å². The Morgan fingerprint density at radius 1 is 1.04 bits per heavy atom. The van der Waals surface area contributed by atoms with Crippen LogP contribution in [0.3, 0.4) is 0 Å². The lowest BCUT2D eigenvalue weighted by Gasteiger charge is -2.08. The zero-order chi connectivity index (χ0) is 18.5. The molecule has 0 aliphatic heterocycles. The van der Waals surface area contributed by atoms with Crippen LogP contribution in [0.5, 0.6) is 0 Å². The summed E-state index contributed by atoms with van der Waals surface area (Å²) in [4.78, 5) is 20.8. The number of amides is 1. The van der Waals surface area contributed by atoms with Crippen LogP contribution in [0.4, 0.5) is 11.6 Å². The van der Waals surface area contributed by atoms with Crippen molar-refractivity contribution < 1.29 is 4.79 Å². The van der Waals surface area contributed by atoms with Crippen molar-refractivity contribution >= 4 is 40.7 Å². The first-order valence-corrected chi connectivity index (χ1v) is 8.66. The topological polar surface area (TPSA) is 66.9 Å². The number of rotatable bonds is 5. The van der Waals surface area contributed by atoms with Gasteiger partial charge < -0.3 is 10.6 Å². The lowest BCUT2D eigenvalue weighted by atomic mass is 10.1. The van der Waals surface area contributed by atoms with E-state index in [9.17, 15) is 4.79 Å². The Bertz CT molecular complexity index is 929. The molecular formula is C19H16Cl2N4O. The van der Waals surface area contributed by atoms with Crippen molar-refractivity contribution in [2.75, 3.05) is 10.6 Å². The number of carbonyl (C=O) groups is 1. The minimum atomic E-state index is -0.357. The number of halogens is 2. The van der Waals surface area contributed by atoms with Crippen molar-refractivity contribution in [3.63, 3.8) is 0 Å². The molecular weight excluding hydrogens is 371 g/mol. The Morgan fingerprint density at radius 3 is 2.54 bits per heavy atom. The van der Waals surface area contributed by atoms with Gasteiger partial charge in [-0.1, -0.05) is 53.0 Å². The van der Waals surface area contributed by atoms with Crippen molar-refractivity contribution in [3.05, 3.63) is 81.6 Å². The third kappa shape index (κ3) is 4.71. The Kier molecular flexibility index (Phi) is 5.71. The molecule has 2 aromatic carbocycles. The quantitative estimate of drug-likeness (QED) is 0.650. The highest BCUT2D eigenvalue weighted by molar-refractivity contribution is 6.42. The van der Waals surface area contributed by atoms with Crippen LogP contribution in [0.25, 0.3) is 0 Å². The van der Waals surface area contributed by atoms with Crippen molar-refractivity contribution in [2.24, 2.45) is 0 Å². The maximum atomic E-state index is 12.4. The van der Waals surface area contributed by atoms with E-state index in [0.29, 0.717) is 28.2 Å². The standard InChI is InChI=1S/C19H16Cl2N4O/c1-12-2-4-13(5-3-12)11-23-19-22-9-8-17(25-19)18(26)24-14-6-7-15(20)16(21)10-14/h2-10H,11H2,1H3,(H,24,26)(H,22,23,25). The molecule has 0 aliphatic rings. The molecule has 0 saturated heterocycles. The van der Waals surface area contributed by atoms with Crippen LogP contribution in [-0.4, -0.2) is 15.9 Å². The monoisotopic (exact) mass is 386 g/mol. The zero-order valence-corrected chi connectivity index (χ0v) is 15.5. The van der Waals surface area contributed by atoms with Crippen LogP contribution < -0.4 is 10.6 Å². The third-order valence-electron chi connectivity index (χ3n) is 3.64. The average Bonchev–Trinajstić information content (AvgIpc) is 2.64. The van der Waals surface area contributed by atoms with Gasteiger partial charge in [0.25, 0.3) is 5.91 Å². The van der Waals surface area contributed by atoms with Crippen LogP contribution in [0.1, 0.15) is 21.6 Å². The van der Waals surface area contributed by atoms with Crippen LogP contribution in [0.15, 0.2) is 54.7 Å². The molecule has 0 atom stereocenters. The summed E-state index contributed by atoms with van der Waals surface area (Å²) < 4.78 is 0. The molecule has 1 aromatic heterocycles. The van der Waals surface area contributed by atoms with Crippen molar-refractivity contribution in [3.8, 4) is 0 Å². The smallest absolute Gasteiger partial charge is 0.274 e. The maximum Gasteiger partial charge on any atom is 0.274 e.